The predicted octanol–water partition coefficient (Wildman–Crippen LogP) is 0.588. The highest BCUT2D eigenvalue weighted by molar-refractivity contribution is 7.85. The maximum absolute atomic E-state index is 11.2. The van der Waals surface area contributed by atoms with Gasteiger partial charge in [0, 0.05) is 54.0 Å². The molecule has 1 heterocycles. The first-order chi connectivity index (χ1) is 8.79. The molecule has 2 rings (SSSR count). The van der Waals surface area contributed by atoms with Crippen molar-refractivity contribution >= 4 is 10.8 Å². The molecule has 0 saturated carbocycles. The second kappa shape index (κ2) is 6.87. The van der Waals surface area contributed by atoms with Crippen LogP contribution in [0.5, 0.6) is 5.75 Å². The summed E-state index contributed by atoms with van der Waals surface area (Å²) in [4.78, 5) is 2.30. The first-order valence-corrected chi connectivity index (χ1v) is 7.76. The number of rotatable bonds is 5. The molecular weight excluding hydrogens is 248 g/mol. The Hall–Kier alpha value is -0.910. The first kappa shape index (κ1) is 13.5. The Labute approximate surface area is 111 Å². The van der Waals surface area contributed by atoms with Gasteiger partial charge in [-0.05, 0) is 6.07 Å². The van der Waals surface area contributed by atoms with Crippen LogP contribution in [0.3, 0.4) is 0 Å². The second-order valence-electron chi connectivity index (χ2n) is 4.35. The van der Waals surface area contributed by atoms with Crippen LogP contribution >= 0.6 is 0 Å². The Morgan fingerprint density at radius 3 is 2.72 bits per heavy atom. The van der Waals surface area contributed by atoms with Crippen LogP contribution in [0, 0.1) is 0 Å². The SMILES string of the molecule is NCc1ccccc1OCCN1CCS(=O)CC1. The lowest BCUT2D eigenvalue weighted by atomic mass is 10.2. The van der Waals surface area contributed by atoms with Gasteiger partial charge in [-0.2, -0.15) is 0 Å². The summed E-state index contributed by atoms with van der Waals surface area (Å²) in [6.45, 7) is 3.86. The minimum absolute atomic E-state index is 0.499. The van der Waals surface area contributed by atoms with Gasteiger partial charge in [-0.15, -0.1) is 0 Å². The van der Waals surface area contributed by atoms with E-state index < -0.39 is 10.8 Å². The van der Waals surface area contributed by atoms with Crippen LogP contribution in [0.15, 0.2) is 24.3 Å². The molecule has 18 heavy (non-hydrogen) atoms. The van der Waals surface area contributed by atoms with Gasteiger partial charge < -0.3 is 10.5 Å². The maximum Gasteiger partial charge on any atom is 0.123 e. The smallest absolute Gasteiger partial charge is 0.123 e. The molecule has 0 unspecified atom stereocenters. The number of nitrogens with zero attached hydrogens (tertiary/aromatic N) is 1. The van der Waals surface area contributed by atoms with Crippen molar-refractivity contribution in [2.45, 2.75) is 6.54 Å². The van der Waals surface area contributed by atoms with Crippen LogP contribution in [0.4, 0.5) is 0 Å². The fraction of sp³-hybridized carbons (Fsp3) is 0.538. The third kappa shape index (κ3) is 3.80. The van der Waals surface area contributed by atoms with Crippen LogP contribution in [0.1, 0.15) is 5.56 Å². The van der Waals surface area contributed by atoms with Crippen molar-refractivity contribution in [1.29, 1.82) is 0 Å². The van der Waals surface area contributed by atoms with Gasteiger partial charge in [0.2, 0.25) is 0 Å². The summed E-state index contributed by atoms with van der Waals surface area (Å²) in [5, 5.41) is 0. The molecule has 4 nitrogen and oxygen atoms in total. The largest absolute Gasteiger partial charge is 0.492 e. The van der Waals surface area contributed by atoms with Crippen LogP contribution in [-0.4, -0.2) is 46.9 Å². The number of benzene rings is 1. The molecule has 1 aromatic rings. The molecule has 100 valence electrons. The number of para-hydroxylation sites is 1. The van der Waals surface area contributed by atoms with Crippen LogP contribution in [0.2, 0.25) is 0 Å². The van der Waals surface area contributed by atoms with Crippen molar-refractivity contribution in [3.63, 3.8) is 0 Å². The number of hydrogen-bond acceptors (Lipinski definition) is 4. The van der Waals surface area contributed by atoms with Crippen molar-refractivity contribution in [3.05, 3.63) is 29.8 Å². The van der Waals surface area contributed by atoms with Gasteiger partial charge in [-0.1, -0.05) is 18.2 Å². The molecule has 0 amide bonds. The molecule has 0 radical (unpaired) electrons. The molecule has 1 fully saturated rings. The summed E-state index contributed by atoms with van der Waals surface area (Å²) in [6.07, 6.45) is 0. The highest BCUT2D eigenvalue weighted by Crippen LogP contribution is 2.16. The highest BCUT2D eigenvalue weighted by atomic mass is 32.2. The average Bonchev–Trinajstić information content (AvgIpc) is 2.41. The predicted molar refractivity (Wildman–Crippen MR) is 74.1 cm³/mol. The van der Waals surface area contributed by atoms with Gasteiger partial charge in [0.05, 0.1) is 0 Å². The fourth-order valence-corrected chi connectivity index (χ4v) is 3.13. The molecule has 0 aromatic heterocycles. The van der Waals surface area contributed by atoms with E-state index in [9.17, 15) is 4.21 Å². The fourth-order valence-electron chi connectivity index (χ4n) is 2.00. The average molecular weight is 268 g/mol. The number of hydrogen-bond donors (Lipinski definition) is 1. The van der Waals surface area contributed by atoms with Gasteiger partial charge in [0.25, 0.3) is 0 Å². The molecule has 1 aliphatic rings. The minimum Gasteiger partial charge on any atom is -0.492 e. The molecule has 0 aliphatic carbocycles. The van der Waals surface area contributed by atoms with E-state index in [-0.39, 0.29) is 0 Å². The molecular formula is C13H20N2O2S. The van der Waals surface area contributed by atoms with Crippen LogP contribution in [0.25, 0.3) is 0 Å². The molecule has 1 aromatic carbocycles. The van der Waals surface area contributed by atoms with Crippen molar-refractivity contribution in [1.82, 2.24) is 4.90 Å². The van der Waals surface area contributed by atoms with Gasteiger partial charge in [-0.25, -0.2) is 0 Å². The zero-order valence-corrected chi connectivity index (χ0v) is 11.3. The zero-order valence-electron chi connectivity index (χ0n) is 10.5. The summed E-state index contributed by atoms with van der Waals surface area (Å²) >= 11 is 0. The summed E-state index contributed by atoms with van der Waals surface area (Å²) in [6, 6.07) is 7.86. The Bertz CT molecular complexity index is 402. The molecule has 1 aliphatic heterocycles. The summed E-state index contributed by atoms with van der Waals surface area (Å²) in [5.74, 6) is 2.46. The van der Waals surface area contributed by atoms with E-state index in [1.54, 1.807) is 0 Å². The van der Waals surface area contributed by atoms with Crippen molar-refractivity contribution in [2.75, 3.05) is 37.7 Å². The Morgan fingerprint density at radius 1 is 1.28 bits per heavy atom. The van der Waals surface area contributed by atoms with E-state index in [1.165, 1.54) is 0 Å². The second-order valence-corrected chi connectivity index (χ2v) is 6.05. The molecule has 0 spiro atoms. The maximum atomic E-state index is 11.2. The summed E-state index contributed by atoms with van der Waals surface area (Å²) in [7, 11) is -0.607. The summed E-state index contributed by atoms with van der Waals surface area (Å²) < 4.78 is 17.0. The third-order valence-corrected chi connectivity index (χ3v) is 4.40. The first-order valence-electron chi connectivity index (χ1n) is 6.27. The van der Waals surface area contributed by atoms with E-state index >= 15 is 0 Å². The Morgan fingerprint density at radius 2 is 2.00 bits per heavy atom. The third-order valence-electron chi connectivity index (χ3n) is 3.13. The van der Waals surface area contributed by atoms with E-state index in [1.807, 2.05) is 24.3 Å². The zero-order chi connectivity index (χ0) is 12.8. The lowest BCUT2D eigenvalue weighted by Gasteiger charge is -2.26. The minimum atomic E-state index is -0.607. The molecule has 2 N–H and O–H groups in total. The lowest BCUT2D eigenvalue weighted by molar-refractivity contribution is 0.220. The Kier molecular flexibility index (Phi) is 5.16. The van der Waals surface area contributed by atoms with Gasteiger partial charge in [0.1, 0.15) is 12.4 Å². The standard InChI is InChI=1S/C13H20N2O2S/c14-11-12-3-1-2-4-13(12)17-8-5-15-6-9-18(16)10-7-15/h1-4H,5-11,14H2. The quantitative estimate of drug-likeness (QED) is 0.849. The van der Waals surface area contributed by atoms with Gasteiger partial charge >= 0.3 is 0 Å². The molecule has 5 heteroatoms. The van der Waals surface area contributed by atoms with E-state index in [0.29, 0.717) is 13.2 Å². The number of nitrogens with two attached hydrogens (primary N) is 1. The van der Waals surface area contributed by atoms with Gasteiger partial charge in [0.15, 0.2) is 0 Å². The van der Waals surface area contributed by atoms with Crippen molar-refractivity contribution < 1.29 is 8.95 Å². The van der Waals surface area contributed by atoms with E-state index in [2.05, 4.69) is 4.90 Å². The highest BCUT2D eigenvalue weighted by Gasteiger charge is 2.14. The van der Waals surface area contributed by atoms with Crippen LogP contribution < -0.4 is 10.5 Å². The van der Waals surface area contributed by atoms with Crippen molar-refractivity contribution in [2.24, 2.45) is 5.73 Å². The van der Waals surface area contributed by atoms with Crippen molar-refractivity contribution in [3.8, 4) is 5.75 Å². The summed E-state index contributed by atoms with van der Waals surface area (Å²) in [5.41, 5.74) is 6.70. The van der Waals surface area contributed by atoms with E-state index in [0.717, 1.165) is 42.5 Å². The molecule has 0 bridgehead atoms. The van der Waals surface area contributed by atoms with Crippen LogP contribution in [-0.2, 0) is 17.3 Å². The van der Waals surface area contributed by atoms with Gasteiger partial charge in [-0.3, -0.25) is 9.11 Å². The molecule has 1 saturated heterocycles. The van der Waals surface area contributed by atoms with E-state index in [4.69, 9.17) is 10.5 Å². The number of ether oxygens (including phenoxy) is 1. The monoisotopic (exact) mass is 268 g/mol. The normalized spacial score (nSPS) is 17.8. The lowest BCUT2D eigenvalue weighted by Crippen LogP contribution is -2.39. The topological polar surface area (TPSA) is 55.6 Å². The Balaban J connectivity index is 1.76. The molecule has 0 atom stereocenters.